The van der Waals surface area contributed by atoms with E-state index in [2.05, 4.69) is 20.0 Å². The molecule has 11 heteroatoms. The van der Waals surface area contributed by atoms with Gasteiger partial charge in [0.05, 0.1) is 16.0 Å². The number of amides is 1. The highest BCUT2D eigenvalue weighted by Gasteiger charge is 2.34. The van der Waals surface area contributed by atoms with Gasteiger partial charge in [0.25, 0.3) is 15.9 Å². The number of nitrogens with zero attached hydrogens (tertiary/aromatic N) is 2. The van der Waals surface area contributed by atoms with Gasteiger partial charge in [0.2, 0.25) is 5.95 Å². The van der Waals surface area contributed by atoms with Crippen LogP contribution in [0.25, 0.3) is 0 Å². The molecule has 150 valence electrons. The minimum Gasteiger partial charge on any atom is -0.322 e. The number of hydrogen-bond donors (Lipinski definition) is 2. The number of hydrogen-bond acceptors (Lipinski definition) is 5. The molecule has 0 aliphatic carbocycles. The summed E-state index contributed by atoms with van der Waals surface area (Å²) in [5, 5.41) is 2.32. The van der Waals surface area contributed by atoms with Crippen molar-refractivity contribution in [3.63, 3.8) is 0 Å². The molecule has 29 heavy (non-hydrogen) atoms. The lowest BCUT2D eigenvalue weighted by atomic mass is 10.1. The Balaban J connectivity index is 1.77. The topological polar surface area (TPSA) is 101 Å². The van der Waals surface area contributed by atoms with Crippen LogP contribution in [-0.4, -0.2) is 24.3 Å². The predicted molar refractivity (Wildman–Crippen MR) is 98.7 cm³/mol. The van der Waals surface area contributed by atoms with Crippen molar-refractivity contribution in [1.82, 2.24) is 9.97 Å². The maximum Gasteiger partial charge on any atom is 0.417 e. The Morgan fingerprint density at radius 3 is 2.14 bits per heavy atom. The van der Waals surface area contributed by atoms with E-state index in [9.17, 15) is 26.4 Å². The molecule has 1 amide bonds. The van der Waals surface area contributed by atoms with Gasteiger partial charge in [0.1, 0.15) is 0 Å². The maximum absolute atomic E-state index is 13.0. The van der Waals surface area contributed by atoms with Gasteiger partial charge in [-0.2, -0.15) is 13.2 Å². The van der Waals surface area contributed by atoms with Crippen molar-refractivity contribution in [2.24, 2.45) is 0 Å². The maximum atomic E-state index is 13.0. The van der Waals surface area contributed by atoms with Crippen molar-refractivity contribution >= 4 is 27.6 Å². The molecule has 1 aromatic heterocycles. The van der Waals surface area contributed by atoms with Gasteiger partial charge in [0.15, 0.2) is 0 Å². The molecule has 2 N–H and O–H groups in total. The van der Waals surface area contributed by atoms with Gasteiger partial charge >= 0.3 is 6.18 Å². The summed E-state index contributed by atoms with van der Waals surface area (Å²) < 4.78 is 65.9. The van der Waals surface area contributed by atoms with Crippen LogP contribution >= 0.6 is 0 Å². The zero-order valence-corrected chi connectivity index (χ0v) is 15.3. The Hall–Kier alpha value is -3.47. The van der Waals surface area contributed by atoms with Crippen LogP contribution in [0, 0.1) is 0 Å². The van der Waals surface area contributed by atoms with Crippen LogP contribution in [0.15, 0.2) is 71.9 Å². The largest absolute Gasteiger partial charge is 0.417 e. The third kappa shape index (κ3) is 4.88. The third-order valence-corrected chi connectivity index (χ3v) is 5.04. The van der Waals surface area contributed by atoms with Crippen molar-refractivity contribution in [2.45, 2.75) is 11.1 Å². The van der Waals surface area contributed by atoms with E-state index in [0.717, 1.165) is 12.1 Å². The Bertz CT molecular complexity index is 1120. The van der Waals surface area contributed by atoms with E-state index in [-0.39, 0.29) is 16.5 Å². The van der Waals surface area contributed by atoms with Crippen molar-refractivity contribution in [1.29, 1.82) is 0 Å². The molecular weight excluding hydrogens is 409 g/mol. The number of alkyl halides is 3. The first kappa shape index (κ1) is 20.3. The molecule has 0 bridgehead atoms. The summed E-state index contributed by atoms with van der Waals surface area (Å²) in [7, 11) is -3.97. The first-order valence-corrected chi connectivity index (χ1v) is 9.52. The van der Waals surface area contributed by atoms with E-state index >= 15 is 0 Å². The lowest BCUT2D eigenvalue weighted by Gasteiger charge is -2.13. The lowest BCUT2D eigenvalue weighted by Crippen LogP contribution is -2.19. The van der Waals surface area contributed by atoms with E-state index < -0.39 is 33.2 Å². The van der Waals surface area contributed by atoms with Gasteiger partial charge < -0.3 is 5.32 Å². The summed E-state index contributed by atoms with van der Waals surface area (Å²) in [5.74, 6) is -1.09. The molecule has 3 aromatic rings. The molecule has 0 unspecified atom stereocenters. The second-order valence-electron chi connectivity index (χ2n) is 5.70. The van der Waals surface area contributed by atoms with Crippen LogP contribution in [0.1, 0.15) is 15.9 Å². The Kier molecular flexibility index (Phi) is 5.50. The second-order valence-corrected chi connectivity index (χ2v) is 7.38. The monoisotopic (exact) mass is 422 g/mol. The molecule has 1 heterocycles. The molecule has 0 aliphatic heterocycles. The zero-order valence-electron chi connectivity index (χ0n) is 14.5. The zero-order chi connectivity index (χ0) is 21.1. The normalized spacial score (nSPS) is 11.7. The van der Waals surface area contributed by atoms with Crippen LogP contribution in [0.2, 0.25) is 0 Å². The van der Waals surface area contributed by atoms with E-state index in [4.69, 9.17) is 0 Å². The van der Waals surface area contributed by atoms with Gasteiger partial charge in [-0.1, -0.05) is 12.1 Å². The van der Waals surface area contributed by atoms with Crippen LogP contribution in [-0.2, 0) is 16.2 Å². The Morgan fingerprint density at radius 2 is 1.52 bits per heavy atom. The number of rotatable bonds is 5. The molecular formula is C18H13F3N4O3S. The molecule has 7 nitrogen and oxygen atoms in total. The average Bonchev–Trinajstić information content (AvgIpc) is 2.68. The van der Waals surface area contributed by atoms with Gasteiger partial charge in [-0.3, -0.25) is 4.79 Å². The highest BCUT2D eigenvalue weighted by atomic mass is 32.2. The molecule has 3 rings (SSSR count). The van der Waals surface area contributed by atoms with Crippen LogP contribution < -0.4 is 10.0 Å². The highest BCUT2D eigenvalue weighted by molar-refractivity contribution is 7.92. The number of aromatic nitrogens is 2. The number of carbonyl (C=O) groups excluding carboxylic acids is 1. The van der Waals surface area contributed by atoms with Crippen molar-refractivity contribution in [3.05, 3.63) is 78.1 Å². The number of benzene rings is 2. The van der Waals surface area contributed by atoms with E-state index in [1.807, 2.05) is 0 Å². The fourth-order valence-electron chi connectivity index (χ4n) is 2.38. The highest BCUT2D eigenvalue weighted by Crippen LogP contribution is 2.32. The first-order valence-electron chi connectivity index (χ1n) is 8.04. The molecule has 0 aliphatic rings. The van der Waals surface area contributed by atoms with Gasteiger partial charge in [-0.15, -0.1) is 0 Å². The molecule has 0 radical (unpaired) electrons. The molecule has 2 aromatic carbocycles. The summed E-state index contributed by atoms with van der Waals surface area (Å²) in [5.41, 5.74) is -1.48. The second kappa shape index (κ2) is 7.87. The Morgan fingerprint density at radius 1 is 0.897 bits per heavy atom. The molecule has 0 atom stereocenters. The van der Waals surface area contributed by atoms with Gasteiger partial charge in [-0.05, 0) is 42.5 Å². The number of carbonyl (C=O) groups is 1. The van der Waals surface area contributed by atoms with E-state index in [1.165, 1.54) is 54.9 Å². The Labute approximate surface area is 163 Å². The number of nitrogens with one attached hydrogen (secondary N) is 2. The van der Waals surface area contributed by atoms with Crippen LogP contribution in [0.4, 0.5) is 24.8 Å². The minimum absolute atomic E-state index is 0.117. The average molecular weight is 422 g/mol. The third-order valence-electron chi connectivity index (χ3n) is 3.69. The standard InChI is InChI=1S/C18H13F3N4O3S/c19-18(20,21)15-5-2-1-4-14(15)16(26)24-12-6-8-13(9-7-12)29(27,28)25-17-22-10-3-11-23-17/h1-11H,(H,24,26)(H,22,23,25). The molecule has 0 fully saturated rings. The van der Waals surface area contributed by atoms with E-state index in [1.54, 1.807) is 0 Å². The molecule has 0 spiro atoms. The summed E-state index contributed by atoms with van der Waals surface area (Å²) in [6.07, 6.45) is -1.96. The van der Waals surface area contributed by atoms with Crippen LogP contribution in [0.3, 0.4) is 0 Å². The first-order chi connectivity index (χ1) is 13.7. The van der Waals surface area contributed by atoms with Crippen molar-refractivity contribution < 1.29 is 26.4 Å². The summed E-state index contributed by atoms with van der Waals surface area (Å²) in [6, 6.07) is 10.8. The summed E-state index contributed by atoms with van der Waals surface area (Å²) in [6.45, 7) is 0. The SMILES string of the molecule is O=C(Nc1ccc(S(=O)(=O)Nc2ncccn2)cc1)c1ccccc1C(F)(F)F. The minimum atomic E-state index is -4.68. The fraction of sp³-hybridized carbons (Fsp3) is 0.0556. The quantitative estimate of drug-likeness (QED) is 0.655. The predicted octanol–water partition coefficient (Wildman–Crippen LogP) is 3.55. The summed E-state index contributed by atoms with van der Waals surface area (Å²) in [4.78, 5) is 19.6. The number of sulfonamides is 1. The van der Waals surface area contributed by atoms with Crippen molar-refractivity contribution in [3.8, 4) is 0 Å². The smallest absolute Gasteiger partial charge is 0.322 e. The molecule has 0 saturated carbocycles. The fourth-order valence-corrected chi connectivity index (χ4v) is 3.33. The number of anilines is 2. The van der Waals surface area contributed by atoms with E-state index in [0.29, 0.717) is 0 Å². The van der Waals surface area contributed by atoms with Gasteiger partial charge in [-0.25, -0.2) is 23.1 Å². The van der Waals surface area contributed by atoms with Crippen LogP contribution in [0.5, 0.6) is 0 Å². The van der Waals surface area contributed by atoms with Gasteiger partial charge in [0, 0.05) is 18.1 Å². The van der Waals surface area contributed by atoms with Crippen molar-refractivity contribution in [2.75, 3.05) is 10.0 Å². The lowest BCUT2D eigenvalue weighted by molar-refractivity contribution is -0.137. The number of halogens is 3. The molecule has 0 saturated heterocycles. The summed E-state index contributed by atoms with van der Waals surface area (Å²) >= 11 is 0.